The van der Waals surface area contributed by atoms with Gasteiger partial charge in [-0.15, -0.1) is 0 Å². The zero-order chi connectivity index (χ0) is 10.8. The van der Waals surface area contributed by atoms with E-state index in [1.54, 1.807) is 12.1 Å². The van der Waals surface area contributed by atoms with Gasteiger partial charge in [0.05, 0.1) is 11.7 Å². The molecule has 0 spiro atoms. The third kappa shape index (κ3) is 1.94. The number of carbonyl (C=O) groups excluding carboxylic acids is 1. The molecule has 15 heavy (non-hydrogen) atoms. The lowest BCUT2D eigenvalue weighted by molar-refractivity contribution is 0.100. The first-order valence-electron chi connectivity index (χ1n) is 5.00. The molecule has 0 saturated carbocycles. The number of amides is 1. The number of carbonyl (C=O) groups is 1. The number of hydrogen-bond donors (Lipinski definition) is 2. The smallest absolute Gasteiger partial charge is 0.250 e. The SMILES string of the molecule is NC(=O)c1ccccc1N1CC[C@H](O)C1. The Kier molecular flexibility index (Phi) is 2.60. The van der Waals surface area contributed by atoms with Crippen molar-refractivity contribution >= 4 is 11.6 Å². The van der Waals surface area contributed by atoms with Crippen molar-refractivity contribution < 1.29 is 9.90 Å². The number of para-hydroxylation sites is 1. The van der Waals surface area contributed by atoms with Crippen LogP contribution in [0.3, 0.4) is 0 Å². The van der Waals surface area contributed by atoms with Gasteiger partial charge in [-0.1, -0.05) is 12.1 Å². The fourth-order valence-electron chi connectivity index (χ4n) is 1.92. The largest absolute Gasteiger partial charge is 0.391 e. The average molecular weight is 206 g/mol. The molecule has 80 valence electrons. The van der Waals surface area contributed by atoms with Crippen molar-refractivity contribution in [3.8, 4) is 0 Å². The number of aliphatic hydroxyl groups is 1. The van der Waals surface area contributed by atoms with E-state index in [0.717, 1.165) is 18.7 Å². The minimum absolute atomic E-state index is 0.300. The summed E-state index contributed by atoms with van der Waals surface area (Å²) in [4.78, 5) is 13.2. The molecule has 0 bridgehead atoms. The summed E-state index contributed by atoms with van der Waals surface area (Å²) in [7, 11) is 0. The standard InChI is InChI=1S/C11H14N2O2/c12-11(15)9-3-1-2-4-10(9)13-6-5-8(14)7-13/h1-4,8,14H,5-7H2,(H2,12,15)/t8-/m0/s1. The van der Waals surface area contributed by atoms with Crippen LogP contribution in [0.15, 0.2) is 24.3 Å². The summed E-state index contributed by atoms with van der Waals surface area (Å²) in [5, 5.41) is 9.43. The second kappa shape index (κ2) is 3.90. The predicted molar refractivity (Wildman–Crippen MR) is 57.8 cm³/mol. The van der Waals surface area contributed by atoms with Crippen molar-refractivity contribution in [2.45, 2.75) is 12.5 Å². The van der Waals surface area contributed by atoms with E-state index in [1.807, 2.05) is 17.0 Å². The Morgan fingerprint density at radius 2 is 2.20 bits per heavy atom. The van der Waals surface area contributed by atoms with Gasteiger partial charge in [-0.3, -0.25) is 4.79 Å². The van der Waals surface area contributed by atoms with Gasteiger partial charge in [-0.05, 0) is 18.6 Å². The van der Waals surface area contributed by atoms with Crippen molar-refractivity contribution in [1.82, 2.24) is 0 Å². The highest BCUT2D eigenvalue weighted by Gasteiger charge is 2.23. The van der Waals surface area contributed by atoms with Crippen molar-refractivity contribution in [2.24, 2.45) is 5.73 Å². The van der Waals surface area contributed by atoms with Gasteiger partial charge in [0, 0.05) is 18.8 Å². The second-order valence-corrected chi connectivity index (χ2v) is 3.77. The highest BCUT2D eigenvalue weighted by Crippen LogP contribution is 2.24. The van der Waals surface area contributed by atoms with Gasteiger partial charge in [0.15, 0.2) is 0 Å². The van der Waals surface area contributed by atoms with Crippen molar-refractivity contribution in [3.05, 3.63) is 29.8 Å². The topological polar surface area (TPSA) is 66.6 Å². The number of anilines is 1. The number of nitrogens with zero attached hydrogens (tertiary/aromatic N) is 1. The normalized spacial score (nSPS) is 20.6. The Hall–Kier alpha value is -1.55. The molecule has 0 aliphatic carbocycles. The van der Waals surface area contributed by atoms with E-state index in [1.165, 1.54) is 0 Å². The number of primary amides is 1. The molecule has 0 aromatic heterocycles. The van der Waals surface area contributed by atoms with Crippen LogP contribution in [0.2, 0.25) is 0 Å². The monoisotopic (exact) mass is 206 g/mol. The molecule has 3 N–H and O–H groups in total. The lowest BCUT2D eigenvalue weighted by Gasteiger charge is -2.20. The molecule has 4 heteroatoms. The summed E-state index contributed by atoms with van der Waals surface area (Å²) < 4.78 is 0. The van der Waals surface area contributed by atoms with Gasteiger partial charge in [-0.25, -0.2) is 0 Å². The minimum Gasteiger partial charge on any atom is -0.391 e. The molecule has 0 radical (unpaired) electrons. The molecule has 0 unspecified atom stereocenters. The van der Waals surface area contributed by atoms with Crippen LogP contribution in [0.1, 0.15) is 16.8 Å². The average Bonchev–Trinajstić information content (AvgIpc) is 2.65. The van der Waals surface area contributed by atoms with Crippen LogP contribution in [0.25, 0.3) is 0 Å². The Morgan fingerprint density at radius 1 is 1.47 bits per heavy atom. The van der Waals surface area contributed by atoms with Crippen LogP contribution in [-0.2, 0) is 0 Å². The lowest BCUT2D eigenvalue weighted by atomic mass is 10.1. The number of aliphatic hydroxyl groups excluding tert-OH is 1. The molecular formula is C11H14N2O2. The van der Waals surface area contributed by atoms with Gasteiger partial charge in [0.2, 0.25) is 0 Å². The second-order valence-electron chi connectivity index (χ2n) is 3.77. The van der Waals surface area contributed by atoms with Gasteiger partial charge >= 0.3 is 0 Å². The molecule has 1 heterocycles. The maximum absolute atomic E-state index is 11.2. The fraction of sp³-hybridized carbons (Fsp3) is 0.364. The maximum atomic E-state index is 11.2. The van der Waals surface area contributed by atoms with E-state index in [-0.39, 0.29) is 6.10 Å². The van der Waals surface area contributed by atoms with E-state index in [0.29, 0.717) is 12.1 Å². The van der Waals surface area contributed by atoms with Crippen LogP contribution in [-0.4, -0.2) is 30.2 Å². The molecule has 1 saturated heterocycles. The van der Waals surface area contributed by atoms with Crippen LogP contribution in [0.5, 0.6) is 0 Å². The summed E-state index contributed by atoms with van der Waals surface area (Å²) in [5.74, 6) is -0.424. The fourth-order valence-corrected chi connectivity index (χ4v) is 1.92. The first kappa shape index (κ1) is 9.98. The molecule has 2 rings (SSSR count). The van der Waals surface area contributed by atoms with Crippen LogP contribution in [0, 0.1) is 0 Å². The quantitative estimate of drug-likeness (QED) is 0.734. The first-order valence-corrected chi connectivity index (χ1v) is 5.00. The number of rotatable bonds is 2. The molecule has 1 amide bonds. The van der Waals surface area contributed by atoms with Gasteiger partial charge < -0.3 is 15.7 Å². The lowest BCUT2D eigenvalue weighted by Crippen LogP contribution is -2.24. The number of β-amino-alcohol motifs (C(OH)–C–C–N with tert-alkyl or cyclic N) is 1. The molecule has 1 atom stereocenters. The zero-order valence-corrected chi connectivity index (χ0v) is 8.39. The van der Waals surface area contributed by atoms with Gasteiger partial charge in [0.1, 0.15) is 0 Å². The van der Waals surface area contributed by atoms with Crippen molar-refractivity contribution in [2.75, 3.05) is 18.0 Å². The number of nitrogens with two attached hydrogens (primary N) is 1. The summed E-state index contributed by atoms with van der Waals surface area (Å²) >= 11 is 0. The highest BCUT2D eigenvalue weighted by molar-refractivity contribution is 5.98. The van der Waals surface area contributed by atoms with Crippen molar-refractivity contribution in [3.63, 3.8) is 0 Å². The summed E-state index contributed by atoms with van der Waals surface area (Å²) in [6.07, 6.45) is 0.443. The Balaban J connectivity index is 2.31. The first-order chi connectivity index (χ1) is 7.18. The van der Waals surface area contributed by atoms with Crippen LogP contribution >= 0.6 is 0 Å². The van der Waals surface area contributed by atoms with Crippen LogP contribution in [0.4, 0.5) is 5.69 Å². The van der Waals surface area contributed by atoms with Crippen molar-refractivity contribution in [1.29, 1.82) is 0 Å². The zero-order valence-electron chi connectivity index (χ0n) is 8.39. The van der Waals surface area contributed by atoms with E-state index in [4.69, 9.17) is 5.73 Å². The number of hydrogen-bond acceptors (Lipinski definition) is 3. The molecule has 1 aromatic carbocycles. The Labute approximate surface area is 88.3 Å². The van der Waals surface area contributed by atoms with E-state index in [9.17, 15) is 9.90 Å². The summed E-state index contributed by atoms with van der Waals surface area (Å²) in [5.41, 5.74) is 6.63. The molecule has 4 nitrogen and oxygen atoms in total. The summed E-state index contributed by atoms with van der Waals surface area (Å²) in [6, 6.07) is 7.23. The predicted octanol–water partition coefficient (Wildman–Crippen LogP) is 0.357. The molecule has 1 aliphatic rings. The Bertz CT molecular complexity index is 379. The van der Waals surface area contributed by atoms with Crippen LogP contribution < -0.4 is 10.6 Å². The van der Waals surface area contributed by atoms with E-state index < -0.39 is 5.91 Å². The molecule has 1 fully saturated rings. The number of benzene rings is 1. The van der Waals surface area contributed by atoms with Gasteiger partial charge in [-0.2, -0.15) is 0 Å². The van der Waals surface area contributed by atoms with Gasteiger partial charge in [0.25, 0.3) is 5.91 Å². The molecule has 1 aliphatic heterocycles. The maximum Gasteiger partial charge on any atom is 0.250 e. The highest BCUT2D eigenvalue weighted by atomic mass is 16.3. The minimum atomic E-state index is -0.424. The third-order valence-electron chi connectivity index (χ3n) is 2.67. The van der Waals surface area contributed by atoms with E-state index in [2.05, 4.69) is 0 Å². The summed E-state index contributed by atoms with van der Waals surface area (Å²) in [6.45, 7) is 1.34. The third-order valence-corrected chi connectivity index (χ3v) is 2.67. The Morgan fingerprint density at radius 3 is 2.80 bits per heavy atom. The molecule has 1 aromatic rings. The van der Waals surface area contributed by atoms with E-state index >= 15 is 0 Å². The molecular weight excluding hydrogens is 192 g/mol.